The first-order valence-corrected chi connectivity index (χ1v) is 6.41. The van der Waals surface area contributed by atoms with Crippen molar-refractivity contribution in [2.24, 2.45) is 5.92 Å². The van der Waals surface area contributed by atoms with Crippen LogP contribution in [0.5, 0.6) is 0 Å². The Kier molecular flexibility index (Phi) is 5.33. The van der Waals surface area contributed by atoms with E-state index in [0.717, 1.165) is 24.6 Å². The first-order valence-electron chi connectivity index (χ1n) is 5.26. The van der Waals surface area contributed by atoms with E-state index < -0.39 is 0 Å². The van der Waals surface area contributed by atoms with Gasteiger partial charge in [0.2, 0.25) is 5.91 Å². The summed E-state index contributed by atoms with van der Waals surface area (Å²) in [6.07, 6.45) is 1.70. The van der Waals surface area contributed by atoms with Gasteiger partial charge in [-0.15, -0.1) is 11.8 Å². The van der Waals surface area contributed by atoms with Crippen LogP contribution in [0, 0.1) is 5.92 Å². The summed E-state index contributed by atoms with van der Waals surface area (Å²) >= 11 is 1.86. The van der Waals surface area contributed by atoms with Gasteiger partial charge in [0.05, 0.1) is 0 Å². The van der Waals surface area contributed by atoms with Crippen LogP contribution in [0.25, 0.3) is 0 Å². The van der Waals surface area contributed by atoms with E-state index in [4.69, 9.17) is 0 Å². The second kappa shape index (κ2) is 6.30. The van der Waals surface area contributed by atoms with E-state index in [1.807, 2.05) is 11.8 Å². The van der Waals surface area contributed by atoms with Crippen molar-refractivity contribution in [1.29, 1.82) is 0 Å². The van der Waals surface area contributed by atoms with Crippen molar-refractivity contribution in [2.75, 3.05) is 18.2 Å². The van der Waals surface area contributed by atoms with Crippen LogP contribution in [0.2, 0.25) is 0 Å². The summed E-state index contributed by atoms with van der Waals surface area (Å²) in [5.41, 5.74) is 0. The molecule has 82 valence electrons. The van der Waals surface area contributed by atoms with Crippen LogP contribution in [0.4, 0.5) is 0 Å². The Morgan fingerprint density at radius 2 is 2.43 bits per heavy atom. The molecule has 0 aromatic heterocycles. The highest BCUT2D eigenvalue weighted by molar-refractivity contribution is 7.99. The highest BCUT2D eigenvalue weighted by atomic mass is 32.2. The first kappa shape index (κ1) is 11.9. The molecule has 1 aliphatic heterocycles. The van der Waals surface area contributed by atoms with Crippen LogP contribution in [0.3, 0.4) is 0 Å². The SMILES string of the molecule is CC(C)CCNC(=O)C[C@@H]1CSCN1. The largest absolute Gasteiger partial charge is 0.356 e. The Bertz CT molecular complexity index is 179. The zero-order valence-corrected chi connectivity index (χ0v) is 9.82. The van der Waals surface area contributed by atoms with Gasteiger partial charge in [0.25, 0.3) is 0 Å². The van der Waals surface area contributed by atoms with Crippen molar-refractivity contribution in [1.82, 2.24) is 10.6 Å². The number of amides is 1. The second-order valence-corrected chi connectivity index (χ2v) is 5.18. The van der Waals surface area contributed by atoms with Crippen LogP contribution in [0.15, 0.2) is 0 Å². The third-order valence-corrected chi connectivity index (χ3v) is 3.28. The van der Waals surface area contributed by atoms with Gasteiger partial charge in [0, 0.05) is 30.6 Å². The van der Waals surface area contributed by atoms with Crippen LogP contribution in [-0.4, -0.2) is 30.1 Å². The minimum atomic E-state index is 0.186. The quantitative estimate of drug-likeness (QED) is 0.725. The minimum Gasteiger partial charge on any atom is -0.356 e. The zero-order valence-electron chi connectivity index (χ0n) is 9.01. The average molecular weight is 216 g/mol. The molecule has 1 amide bonds. The number of rotatable bonds is 5. The lowest BCUT2D eigenvalue weighted by molar-refractivity contribution is -0.121. The molecule has 0 bridgehead atoms. The lowest BCUT2D eigenvalue weighted by atomic mass is 10.1. The number of carbonyl (C=O) groups is 1. The highest BCUT2D eigenvalue weighted by Gasteiger charge is 2.17. The predicted molar refractivity (Wildman–Crippen MR) is 61.3 cm³/mol. The second-order valence-electron chi connectivity index (χ2n) is 4.15. The van der Waals surface area contributed by atoms with Gasteiger partial charge in [0.15, 0.2) is 0 Å². The van der Waals surface area contributed by atoms with Gasteiger partial charge in [-0.3, -0.25) is 4.79 Å². The maximum absolute atomic E-state index is 11.4. The molecule has 1 rings (SSSR count). The Labute approximate surface area is 90.4 Å². The normalized spacial score (nSPS) is 21.5. The number of hydrogen-bond acceptors (Lipinski definition) is 3. The molecule has 0 aromatic carbocycles. The van der Waals surface area contributed by atoms with Crippen LogP contribution >= 0.6 is 11.8 Å². The topological polar surface area (TPSA) is 41.1 Å². The van der Waals surface area contributed by atoms with Gasteiger partial charge >= 0.3 is 0 Å². The lowest BCUT2D eigenvalue weighted by Gasteiger charge is -2.10. The fourth-order valence-electron chi connectivity index (χ4n) is 1.36. The van der Waals surface area contributed by atoms with E-state index in [2.05, 4.69) is 24.5 Å². The van der Waals surface area contributed by atoms with Crippen molar-refractivity contribution in [3.63, 3.8) is 0 Å². The number of nitrogens with one attached hydrogen (secondary N) is 2. The van der Waals surface area contributed by atoms with Gasteiger partial charge in [0.1, 0.15) is 0 Å². The number of thioether (sulfide) groups is 1. The Hall–Kier alpha value is -0.220. The number of carbonyl (C=O) groups excluding carboxylic acids is 1. The van der Waals surface area contributed by atoms with E-state index >= 15 is 0 Å². The molecule has 0 radical (unpaired) electrons. The van der Waals surface area contributed by atoms with Crippen LogP contribution in [0.1, 0.15) is 26.7 Å². The molecule has 0 aromatic rings. The zero-order chi connectivity index (χ0) is 10.4. The highest BCUT2D eigenvalue weighted by Crippen LogP contribution is 2.11. The molecule has 0 spiro atoms. The Morgan fingerprint density at radius 3 is 3.00 bits per heavy atom. The average Bonchev–Trinajstić information content (AvgIpc) is 2.56. The van der Waals surface area contributed by atoms with Crippen molar-refractivity contribution in [2.45, 2.75) is 32.7 Å². The molecule has 1 saturated heterocycles. The van der Waals surface area contributed by atoms with Gasteiger partial charge in [-0.25, -0.2) is 0 Å². The molecule has 1 atom stereocenters. The first-order chi connectivity index (χ1) is 6.68. The minimum absolute atomic E-state index is 0.186. The van der Waals surface area contributed by atoms with Crippen molar-refractivity contribution >= 4 is 17.7 Å². The smallest absolute Gasteiger partial charge is 0.221 e. The van der Waals surface area contributed by atoms with Crippen molar-refractivity contribution in [3.05, 3.63) is 0 Å². The van der Waals surface area contributed by atoms with Gasteiger partial charge in [-0.2, -0.15) is 0 Å². The predicted octanol–water partition coefficient (Wildman–Crippen LogP) is 1.20. The Balaban J connectivity index is 2.03. The summed E-state index contributed by atoms with van der Waals surface area (Å²) < 4.78 is 0. The summed E-state index contributed by atoms with van der Waals surface area (Å²) in [4.78, 5) is 11.4. The van der Waals surface area contributed by atoms with Crippen molar-refractivity contribution in [3.8, 4) is 0 Å². The molecule has 0 aliphatic carbocycles. The molecule has 0 saturated carbocycles. The van der Waals surface area contributed by atoms with E-state index in [9.17, 15) is 4.79 Å². The maximum atomic E-state index is 11.4. The van der Waals surface area contributed by atoms with Crippen molar-refractivity contribution < 1.29 is 4.79 Å². The molecule has 4 heteroatoms. The van der Waals surface area contributed by atoms with E-state index in [-0.39, 0.29) is 5.91 Å². The van der Waals surface area contributed by atoms with Crippen LogP contribution < -0.4 is 10.6 Å². The number of hydrogen-bond donors (Lipinski definition) is 2. The van der Waals surface area contributed by atoms with Crippen LogP contribution in [-0.2, 0) is 4.79 Å². The van der Waals surface area contributed by atoms with E-state index in [1.165, 1.54) is 0 Å². The van der Waals surface area contributed by atoms with Gasteiger partial charge < -0.3 is 10.6 Å². The molecule has 1 heterocycles. The maximum Gasteiger partial charge on any atom is 0.221 e. The monoisotopic (exact) mass is 216 g/mol. The van der Waals surface area contributed by atoms with E-state index in [0.29, 0.717) is 18.4 Å². The summed E-state index contributed by atoms with van der Waals surface area (Å²) in [6.45, 7) is 5.15. The molecular weight excluding hydrogens is 196 g/mol. The standard InChI is InChI=1S/C10H20N2OS/c1-8(2)3-4-11-10(13)5-9-6-14-7-12-9/h8-9,12H,3-7H2,1-2H3,(H,11,13)/t9-/m1/s1. The van der Waals surface area contributed by atoms with Gasteiger partial charge in [-0.05, 0) is 12.3 Å². The molecule has 2 N–H and O–H groups in total. The molecular formula is C10H20N2OS. The summed E-state index contributed by atoms with van der Waals surface area (Å²) in [6, 6.07) is 0.388. The lowest BCUT2D eigenvalue weighted by Crippen LogP contribution is -2.33. The Morgan fingerprint density at radius 1 is 1.64 bits per heavy atom. The molecule has 3 nitrogen and oxygen atoms in total. The third-order valence-electron chi connectivity index (χ3n) is 2.27. The third kappa shape index (κ3) is 4.86. The van der Waals surface area contributed by atoms with E-state index in [1.54, 1.807) is 0 Å². The fourth-order valence-corrected chi connectivity index (χ4v) is 2.36. The molecule has 1 fully saturated rings. The summed E-state index contributed by atoms with van der Waals surface area (Å²) in [7, 11) is 0. The molecule has 14 heavy (non-hydrogen) atoms. The molecule has 1 aliphatic rings. The molecule has 0 unspecified atom stereocenters. The van der Waals surface area contributed by atoms with Gasteiger partial charge in [-0.1, -0.05) is 13.8 Å². The summed E-state index contributed by atoms with van der Waals surface area (Å²) in [5.74, 6) is 2.91. The fraction of sp³-hybridized carbons (Fsp3) is 0.900. The summed E-state index contributed by atoms with van der Waals surface area (Å²) in [5, 5.41) is 6.24.